The zero-order valence-corrected chi connectivity index (χ0v) is 20.5. The first-order valence-electron chi connectivity index (χ1n) is 13.0. The fourth-order valence-corrected chi connectivity index (χ4v) is 5.60. The first-order valence-corrected chi connectivity index (χ1v) is 13.0. The van der Waals surface area contributed by atoms with E-state index >= 15 is 0 Å². The van der Waals surface area contributed by atoms with Crippen molar-refractivity contribution in [2.45, 2.75) is 121 Å². The highest BCUT2D eigenvalue weighted by molar-refractivity contribution is 5.66. The molecule has 190 valence electrons. The lowest BCUT2D eigenvalue weighted by atomic mass is 9.87. The third-order valence-corrected chi connectivity index (χ3v) is 7.48. The first kappa shape index (κ1) is 26.6. The van der Waals surface area contributed by atoms with E-state index in [1.54, 1.807) is 7.11 Å². The molecule has 0 aromatic carbocycles. The van der Waals surface area contributed by atoms with Gasteiger partial charge in [0, 0.05) is 45.3 Å². The van der Waals surface area contributed by atoms with Gasteiger partial charge in [0.15, 0.2) is 12.1 Å². The molecule has 0 radical (unpaired) electrons. The summed E-state index contributed by atoms with van der Waals surface area (Å²) in [6, 6.07) is 0. The predicted molar refractivity (Wildman–Crippen MR) is 125 cm³/mol. The molecule has 0 amide bonds. The number of carboxylic acids is 1. The lowest BCUT2D eigenvalue weighted by Gasteiger charge is -2.29. The summed E-state index contributed by atoms with van der Waals surface area (Å²) in [5.41, 5.74) is 0. The van der Waals surface area contributed by atoms with Crippen molar-refractivity contribution >= 4 is 5.97 Å². The number of rotatable bonds is 14. The van der Waals surface area contributed by atoms with Gasteiger partial charge in [-0.2, -0.15) is 0 Å². The van der Waals surface area contributed by atoms with E-state index < -0.39 is 17.9 Å². The van der Waals surface area contributed by atoms with Gasteiger partial charge in [-0.25, -0.2) is 0 Å². The number of carbonyl (C=O) groups is 1. The Kier molecular flexibility index (Phi) is 10.6. The van der Waals surface area contributed by atoms with E-state index in [0.29, 0.717) is 19.3 Å². The van der Waals surface area contributed by atoms with Gasteiger partial charge >= 0.3 is 5.97 Å². The number of hydrogen-bond donors (Lipinski definition) is 2. The minimum Gasteiger partial charge on any atom is -0.481 e. The molecule has 7 atom stereocenters. The standard InChI is InChI=1S/C26H44O7/c1-3-4-5-10-19(32-25-12-7-9-16-31-25)13-14-20-21-18-26(30-2,15-8-6-11-24(28)29)33-23(21)17-22(20)27/h13-14,19-23,25,27H,3-12,15-18H2,1-2H3,(H,28,29)/b14-13+/t19-,20+,21+,22+,23+,25?,26?/m0/s1. The highest BCUT2D eigenvalue weighted by Gasteiger charge is 2.54. The van der Waals surface area contributed by atoms with Crippen molar-refractivity contribution in [3.05, 3.63) is 12.2 Å². The number of aliphatic hydroxyl groups is 1. The highest BCUT2D eigenvalue weighted by Crippen LogP contribution is 2.50. The predicted octanol–water partition coefficient (Wildman–Crippen LogP) is 4.81. The summed E-state index contributed by atoms with van der Waals surface area (Å²) in [5, 5.41) is 19.6. The molecule has 33 heavy (non-hydrogen) atoms. The van der Waals surface area contributed by atoms with Crippen molar-refractivity contribution in [1.82, 2.24) is 0 Å². The molecule has 0 aromatic rings. The molecule has 2 aliphatic heterocycles. The van der Waals surface area contributed by atoms with E-state index in [0.717, 1.165) is 51.6 Å². The van der Waals surface area contributed by atoms with Crippen LogP contribution < -0.4 is 0 Å². The summed E-state index contributed by atoms with van der Waals surface area (Å²) in [4.78, 5) is 10.8. The van der Waals surface area contributed by atoms with Crippen LogP contribution in [-0.2, 0) is 23.7 Å². The lowest BCUT2D eigenvalue weighted by Crippen LogP contribution is -2.33. The van der Waals surface area contributed by atoms with Crippen molar-refractivity contribution in [1.29, 1.82) is 0 Å². The average Bonchev–Trinajstić information content (AvgIpc) is 3.29. The van der Waals surface area contributed by atoms with Crippen molar-refractivity contribution in [3.63, 3.8) is 0 Å². The largest absolute Gasteiger partial charge is 0.481 e. The average molecular weight is 469 g/mol. The van der Waals surface area contributed by atoms with E-state index in [-0.39, 0.29) is 36.8 Å². The molecular formula is C26H44O7. The Labute approximate surface area is 198 Å². The van der Waals surface area contributed by atoms with Gasteiger partial charge in [-0.05, 0) is 44.4 Å². The summed E-state index contributed by atoms with van der Waals surface area (Å²) in [5.74, 6) is -1.24. The number of carboxylic acid groups (broad SMARTS) is 1. The van der Waals surface area contributed by atoms with Crippen LogP contribution in [0.15, 0.2) is 12.2 Å². The summed E-state index contributed by atoms with van der Waals surface area (Å²) < 4.78 is 24.2. The first-order chi connectivity index (χ1) is 16.0. The van der Waals surface area contributed by atoms with Crippen LogP contribution >= 0.6 is 0 Å². The Balaban J connectivity index is 1.59. The summed E-state index contributed by atoms with van der Waals surface area (Å²) >= 11 is 0. The Bertz CT molecular complexity index is 618. The molecular weight excluding hydrogens is 424 g/mol. The second-order valence-electron chi connectivity index (χ2n) is 9.97. The molecule has 1 aliphatic carbocycles. The summed E-state index contributed by atoms with van der Waals surface area (Å²) in [7, 11) is 1.67. The topological polar surface area (TPSA) is 94.5 Å². The molecule has 2 N–H and O–H groups in total. The number of unbranched alkanes of at least 4 members (excludes halogenated alkanes) is 3. The zero-order chi connectivity index (χ0) is 23.7. The molecule has 0 bridgehead atoms. The van der Waals surface area contributed by atoms with Crippen molar-refractivity contribution in [3.8, 4) is 0 Å². The Morgan fingerprint density at radius 3 is 2.79 bits per heavy atom. The smallest absolute Gasteiger partial charge is 0.303 e. The third kappa shape index (κ3) is 7.76. The van der Waals surface area contributed by atoms with Gasteiger partial charge < -0.3 is 29.2 Å². The summed E-state index contributed by atoms with van der Waals surface area (Å²) in [6.07, 6.45) is 14.9. The zero-order valence-electron chi connectivity index (χ0n) is 20.5. The second kappa shape index (κ2) is 13.2. The molecule has 7 heteroatoms. The molecule has 2 heterocycles. The van der Waals surface area contributed by atoms with Gasteiger partial charge in [0.05, 0.1) is 18.3 Å². The number of fused-ring (bicyclic) bond motifs is 1. The number of aliphatic hydroxyl groups excluding tert-OH is 1. The van der Waals surface area contributed by atoms with E-state index in [9.17, 15) is 9.90 Å². The number of ether oxygens (including phenoxy) is 4. The van der Waals surface area contributed by atoms with Gasteiger partial charge in [0.1, 0.15) is 0 Å². The normalized spacial score (nSPS) is 35.2. The molecule has 0 spiro atoms. The second-order valence-corrected chi connectivity index (χ2v) is 9.97. The molecule has 1 saturated carbocycles. The highest BCUT2D eigenvalue weighted by atomic mass is 16.7. The maximum atomic E-state index is 10.8. The van der Waals surface area contributed by atoms with Crippen molar-refractivity contribution < 1.29 is 34.0 Å². The number of hydrogen-bond acceptors (Lipinski definition) is 6. The maximum absolute atomic E-state index is 10.8. The molecule has 2 unspecified atom stereocenters. The van der Waals surface area contributed by atoms with Gasteiger partial charge in [-0.15, -0.1) is 0 Å². The Morgan fingerprint density at radius 1 is 1.24 bits per heavy atom. The monoisotopic (exact) mass is 468 g/mol. The van der Waals surface area contributed by atoms with Crippen LogP contribution in [0, 0.1) is 11.8 Å². The van der Waals surface area contributed by atoms with Crippen molar-refractivity contribution in [2.75, 3.05) is 13.7 Å². The van der Waals surface area contributed by atoms with Gasteiger partial charge in [0.25, 0.3) is 0 Å². The Hall–Kier alpha value is -0.990. The molecule has 2 saturated heterocycles. The van der Waals surface area contributed by atoms with Gasteiger partial charge in [0.2, 0.25) is 0 Å². The minimum absolute atomic E-state index is 0.00331. The minimum atomic E-state index is -0.770. The molecule has 7 nitrogen and oxygen atoms in total. The van der Waals surface area contributed by atoms with Crippen LogP contribution in [0.1, 0.15) is 90.4 Å². The van der Waals surface area contributed by atoms with Crippen LogP contribution in [0.5, 0.6) is 0 Å². The van der Waals surface area contributed by atoms with Crippen LogP contribution in [0.25, 0.3) is 0 Å². The van der Waals surface area contributed by atoms with Crippen molar-refractivity contribution in [2.24, 2.45) is 11.8 Å². The molecule has 0 aromatic heterocycles. The molecule has 3 aliphatic rings. The fourth-order valence-electron chi connectivity index (χ4n) is 5.60. The quantitative estimate of drug-likeness (QED) is 0.279. The number of methoxy groups -OCH3 is 1. The van der Waals surface area contributed by atoms with Crippen LogP contribution in [0.4, 0.5) is 0 Å². The van der Waals surface area contributed by atoms with E-state index in [1.165, 1.54) is 12.8 Å². The van der Waals surface area contributed by atoms with Crippen LogP contribution in [0.2, 0.25) is 0 Å². The number of aliphatic carboxylic acids is 1. The summed E-state index contributed by atoms with van der Waals surface area (Å²) in [6.45, 7) is 2.97. The van der Waals surface area contributed by atoms with E-state index in [1.807, 2.05) is 0 Å². The third-order valence-electron chi connectivity index (χ3n) is 7.48. The van der Waals surface area contributed by atoms with E-state index in [2.05, 4.69) is 19.1 Å². The van der Waals surface area contributed by atoms with Gasteiger partial charge in [-0.3, -0.25) is 4.79 Å². The Morgan fingerprint density at radius 2 is 2.09 bits per heavy atom. The molecule has 3 fully saturated rings. The SMILES string of the molecule is CCCCC[C@@H](/C=C/[C@@H]1[C@H]2CC(CCCCC(=O)O)(OC)O[C@@H]2C[C@H]1O)OC1CCCCO1. The van der Waals surface area contributed by atoms with Gasteiger partial charge in [-0.1, -0.05) is 38.3 Å². The lowest BCUT2D eigenvalue weighted by molar-refractivity contribution is -0.218. The maximum Gasteiger partial charge on any atom is 0.303 e. The van der Waals surface area contributed by atoms with E-state index in [4.69, 9.17) is 24.1 Å². The van der Waals surface area contributed by atoms with Crippen LogP contribution in [-0.4, -0.2) is 60.3 Å². The van der Waals surface area contributed by atoms with Crippen LogP contribution in [0.3, 0.4) is 0 Å². The fraction of sp³-hybridized carbons (Fsp3) is 0.885. The molecule has 3 rings (SSSR count).